The molecule has 0 heterocycles. The molecule has 8 nitrogen and oxygen atoms in total. The third-order valence-corrected chi connectivity index (χ3v) is 4.24. The Morgan fingerprint density at radius 3 is 2.37 bits per heavy atom. The third-order valence-electron chi connectivity index (χ3n) is 3.31. The molecule has 3 N–H and O–H groups in total. The minimum atomic E-state index is -3.84. The van der Waals surface area contributed by atoms with E-state index in [0.29, 0.717) is 0 Å². The van der Waals surface area contributed by atoms with E-state index in [0.717, 1.165) is 0 Å². The number of hydrogen-bond donors (Lipinski definition) is 2. The van der Waals surface area contributed by atoms with Crippen LogP contribution in [0.25, 0.3) is 0 Å². The van der Waals surface area contributed by atoms with E-state index >= 15 is 0 Å². The molecule has 144 valence electrons. The van der Waals surface area contributed by atoms with E-state index in [-0.39, 0.29) is 16.3 Å². The summed E-state index contributed by atoms with van der Waals surface area (Å²) in [4.78, 5) is 23.6. The van der Waals surface area contributed by atoms with Crippen LogP contribution in [-0.4, -0.2) is 33.0 Å². The highest BCUT2D eigenvalue weighted by Crippen LogP contribution is 2.16. The number of carbonyl (C=O) groups is 2. The minimum absolute atomic E-state index is 0.106. The summed E-state index contributed by atoms with van der Waals surface area (Å²) < 4.78 is 45.6. The SMILES string of the molecule is CC(OC(=O)COc1ccccc1F)C(=O)Nc1ccc(S(N)(=O)=O)cc1. The maximum Gasteiger partial charge on any atom is 0.344 e. The number of halogens is 1. The minimum Gasteiger partial charge on any atom is -0.479 e. The van der Waals surface area contributed by atoms with Gasteiger partial charge in [0.05, 0.1) is 4.90 Å². The molecule has 0 spiro atoms. The summed E-state index contributed by atoms with van der Waals surface area (Å²) in [7, 11) is -3.84. The van der Waals surface area contributed by atoms with Gasteiger partial charge in [-0.05, 0) is 43.3 Å². The number of carbonyl (C=O) groups excluding carboxylic acids is 2. The van der Waals surface area contributed by atoms with E-state index in [1.54, 1.807) is 6.07 Å². The number of ether oxygens (including phenoxy) is 2. The number of nitrogens with two attached hydrogens (primary N) is 1. The van der Waals surface area contributed by atoms with E-state index in [2.05, 4.69) is 5.32 Å². The summed E-state index contributed by atoms with van der Waals surface area (Å²) >= 11 is 0. The lowest BCUT2D eigenvalue weighted by atomic mass is 10.3. The van der Waals surface area contributed by atoms with E-state index in [1.165, 1.54) is 49.4 Å². The Morgan fingerprint density at radius 1 is 1.15 bits per heavy atom. The van der Waals surface area contributed by atoms with Crippen molar-refractivity contribution in [2.75, 3.05) is 11.9 Å². The van der Waals surface area contributed by atoms with Crippen LogP contribution in [0, 0.1) is 5.82 Å². The lowest BCUT2D eigenvalue weighted by molar-refractivity contribution is -0.155. The summed E-state index contributed by atoms with van der Waals surface area (Å²) in [6.45, 7) is 0.774. The van der Waals surface area contributed by atoms with E-state index in [1.807, 2.05) is 0 Å². The van der Waals surface area contributed by atoms with Gasteiger partial charge in [-0.2, -0.15) is 0 Å². The van der Waals surface area contributed by atoms with Gasteiger partial charge in [0.1, 0.15) is 0 Å². The first-order chi connectivity index (χ1) is 12.7. The summed E-state index contributed by atoms with van der Waals surface area (Å²) in [5.41, 5.74) is 0.290. The van der Waals surface area contributed by atoms with Crippen molar-refractivity contribution in [1.82, 2.24) is 0 Å². The number of amides is 1. The molecule has 27 heavy (non-hydrogen) atoms. The topological polar surface area (TPSA) is 125 Å². The van der Waals surface area contributed by atoms with Crippen LogP contribution in [0.3, 0.4) is 0 Å². The molecule has 0 fully saturated rings. The van der Waals surface area contributed by atoms with Crippen molar-refractivity contribution in [2.45, 2.75) is 17.9 Å². The van der Waals surface area contributed by atoms with Crippen molar-refractivity contribution in [3.63, 3.8) is 0 Å². The number of benzene rings is 2. The fraction of sp³-hybridized carbons (Fsp3) is 0.176. The van der Waals surface area contributed by atoms with Crippen LogP contribution in [-0.2, 0) is 24.3 Å². The predicted molar refractivity (Wildman–Crippen MR) is 93.9 cm³/mol. The fourth-order valence-electron chi connectivity index (χ4n) is 1.96. The largest absolute Gasteiger partial charge is 0.479 e. The first-order valence-corrected chi connectivity index (χ1v) is 9.22. The number of para-hydroxylation sites is 1. The molecule has 0 bridgehead atoms. The van der Waals surface area contributed by atoms with Crippen LogP contribution in [0.4, 0.5) is 10.1 Å². The number of hydrogen-bond acceptors (Lipinski definition) is 6. The van der Waals surface area contributed by atoms with Crippen molar-refractivity contribution in [2.24, 2.45) is 5.14 Å². The molecule has 1 amide bonds. The highest BCUT2D eigenvalue weighted by Gasteiger charge is 2.19. The van der Waals surface area contributed by atoms with E-state index < -0.39 is 40.4 Å². The van der Waals surface area contributed by atoms with Gasteiger partial charge in [0.2, 0.25) is 10.0 Å². The Hall–Kier alpha value is -2.98. The van der Waals surface area contributed by atoms with Crippen LogP contribution in [0.1, 0.15) is 6.92 Å². The number of primary sulfonamides is 1. The van der Waals surface area contributed by atoms with Crippen molar-refractivity contribution in [3.8, 4) is 5.75 Å². The Kier molecular flexibility index (Phi) is 6.48. The summed E-state index contributed by atoms with van der Waals surface area (Å²) in [6, 6.07) is 10.7. The summed E-state index contributed by atoms with van der Waals surface area (Å²) in [5.74, 6) is -2.23. The molecule has 0 aromatic heterocycles. The second-order valence-electron chi connectivity index (χ2n) is 5.41. The van der Waals surface area contributed by atoms with Crippen LogP contribution in [0.5, 0.6) is 5.75 Å². The third kappa shape index (κ3) is 6.04. The van der Waals surface area contributed by atoms with Gasteiger partial charge in [0.25, 0.3) is 5.91 Å². The highest BCUT2D eigenvalue weighted by atomic mass is 32.2. The van der Waals surface area contributed by atoms with Gasteiger partial charge in [-0.1, -0.05) is 12.1 Å². The zero-order valence-electron chi connectivity index (χ0n) is 14.2. The molecule has 0 radical (unpaired) electrons. The monoisotopic (exact) mass is 396 g/mol. The molecular formula is C17H17FN2O6S. The first-order valence-electron chi connectivity index (χ1n) is 7.67. The predicted octanol–water partition coefficient (Wildman–Crippen LogP) is 1.42. The molecule has 2 rings (SSSR count). The second kappa shape index (κ2) is 8.60. The van der Waals surface area contributed by atoms with Crippen molar-refractivity contribution in [3.05, 3.63) is 54.3 Å². The second-order valence-corrected chi connectivity index (χ2v) is 6.97. The summed E-state index contributed by atoms with van der Waals surface area (Å²) in [5, 5.41) is 7.44. The molecule has 1 atom stereocenters. The van der Waals surface area contributed by atoms with Gasteiger partial charge < -0.3 is 14.8 Å². The molecular weight excluding hydrogens is 379 g/mol. The van der Waals surface area contributed by atoms with Crippen LogP contribution in [0.15, 0.2) is 53.4 Å². The molecule has 0 aliphatic heterocycles. The maximum absolute atomic E-state index is 13.4. The van der Waals surface area contributed by atoms with Gasteiger partial charge >= 0.3 is 5.97 Å². The number of anilines is 1. The summed E-state index contributed by atoms with van der Waals surface area (Å²) in [6.07, 6.45) is -1.15. The van der Waals surface area contributed by atoms with Gasteiger partial charge in [-0.25, -0.2) is 22.7 Å². The van der Waals surface area contributed by atoms with Gasteiger partial charge in [-0.15, -0.1) is 0 Å². The normalized spacial score (nSPS) is 12.1. The van der Waals surface area contributed by atoms with Crippen LogP contribution in [0.2, 0.25) is 0 Å². The zero-order chi connectivity index (χ0) is 20.0. The molecule has 1 unspecified atom stereocenters. The molecule has 2 aromatic carbocycles. The van der Waals surface area contributed by atoms with E-state index in [9.17, 15) is 22.4 Å². The van der Waals surface area contributed by atoms with E-state index in [4.69, 9.17) is 14.6 Å². The Bertz CT molecular complexity index is 931. The van der Waals surface area contributed by atoms with Crippen molar-refractivity contribution >= 4 is 27.6 Å². The molecule has 10 heteroatoms. The first kappa shape index (κ1) is 20.3. The van der Waals surface area contributed by atoms with Gasteiger partial charge in [0, 0.05) is 5.69 Å². The fourth-order valence-corrected chi connectivity index (χ4v) is 2.47. The zero-order valence-corrected chi connectivity index (χ0v) is 15.0. The number of rotatable bonds is 7. The lowest BCUT2D eigenvalue weighted by Crippen LogP contribution is -2.31. The molecule has 0 aliphatic rings. The molecule has 0 saturated carbocycles. The average Bonchev–Trinajstić information content (AvgIpc) is 2.60. The highest BCUT2D eigenvalue weighted by molar-refractivity contribution is 7.89. The molecule has 0 aliphatic carbocycles. The molecule has 0 saturated heterocycles. The average molecular weight is 396 g/mol. The smallest absolute Gasteiger partial charge is 0.344 e. The Morgan fingerprint density at radius 2 is 1.78 bits per heavy atom. The lowest BCUT2D eigenvalue weighted by Gasteiger charge is -2.14. The maximum atomic E-state index is 13.4. The number of sulfonamides is 1. The number of nitrogens with one attached hydrogen (secondary N) is 1. The van der Waals surface area contributed by atoms with Crippen LogP contribution < -0.4 is 15.2 Å². The van der Waals surface area contributed by atoms with Crippen molar-refractivity contribution < 1.29 is 31.9 Å². The van der Waals surface area contributed by atoms with Gasteiger partial charge in [0.15, 0.2) is 24.3 Å². The number of esters is 1. The molecule has 2 aromatic rings. The quantitative estimate of drug-likeness (QED) is 0.682. The van der Waals surface area contributed by atoms with Gasteiger partial charge in [-0.3, -0.25) is 4.79 Å². The Balaban J connectivity index is 1.86. The van der Waals surface area contributed by atoms with Crippen molar-refractivity contribution in [1.29, 1.82) is 0 Å². The van der Waals surface area contributed by atoms with Crippen LogP contribution >= 0.6 is 0 Å². The Labute approximate surface area is 155 Å². The standard InChI is InChI=1S/C17H17FN2O6S/c1-11(26-16(21)10-25-15-5-3-2-4-14(15)18)17(22)20-12-6-8-13(9-7-12)27(19,23)24/h2-9,11H,10H2,1H3,(H,20,22)(H2,19,23,24).